The standard InChI is InChI=1S/C12H18N4O2/c1-13-10(17)5-6-16(2)9-7-11(18)15-12(14-9)8-3-4-8/h7-8H,3-6H2,1-2H3,(H,13,17)(H,14,15,18). The molecule has 2 rings (SSSR count). The average molecular weight is 250 g/mol. The Bertz CT molecular complexity index is 493. The molecule has 18 heavy (non-hydrogen) atoms. The molecule has 2 N–H and O–H groups in total. The van der Waals surface area contributed by atoms with Gasteiger partial charge >= 0.3 is 0 Å². The number of hydrogen-bond acceptors (Lipinski definition) is 4. The van der Waals surface area contributed by atoms with Crippen molar-refractivity contribution in [3.63, 3.8) is 0 Å². The molecule has 0 spiro atoms. The van der Waals surface area contributed by atoms with Crippen molar-refractivity contribution < 1.29 is 4.79 Å². The van der Waals surface area contributed by atoms with Crippen LogP contribution in [-0.4, -0.2) is 36.5 Å². The van der Waals surface area contributed by atoms with Gasteiger partial charge in [-0.15, -0.1) is 0 Å². The minimum atomic E-state index is -0.131. The number of amides is 1. The minimum absolute atomic E-state index is 0.0193. The summed E-state index contributed by atoms with van der Waals surface area (Å²) >= 11 is 0. The second kappa shape index (κ2) is 5.20. The Morgan fingerprint density at radius 1 is 1.61 bits per heavy atom. The third-order valence-electron chi connectivity index (χ3n) is 3.05. The highest BCUT2D eigenvalue weighted by molar-refractivity contribution is 5.76. The van der Waals surface area contributed by atoms with Gasteiger partial charge in [-0.3, -0.25) is 9.59 Å². The summed E-state index contributed by atoms with van der Waals surface area (Å²) in [6, 6.07) is 1.47. The normalized spacial score (nSPS) is 14.3. The van der Waals surface area contributed by atoms with Gasteiger partial charge in [0.25, 0.3) is 5.56 Å². The number of hydrogen-bond donors (Lipinski definition) is 2. The summed E-state index contributed by atoms with van der Waals surface area (Å²) in [6.07, 6.45) is 2.57. The molecule has 0 atom stereocenters. The van der Waals surface area contributed by atoms with E-state index in [9.17, 15) is 9.59 Å². The Labute approximate surface area is 105 Å². The lowest BCUT2D eigenvalue weighted by molar-refractivity contribution is -0.120. The van der Waals surface area contributed by atoms with Gasteiger partial charge in [0.1, 0.15) is 11.6 Å². The van der Waals surface area contributed by atoms with E-state index in [0.29, 0.717) is 24.7 Å². The summed E-state index contributed by atoms with van der Waals surface area (Å²) in [5.74, 6) is 1.79. The molecule has 0 saturated heterocycles. The van der Waals surface area contributed by atoms with Crippen LogP contribution in [0.1, 0.15) is 31.0 Å². The van der Waals surface area contributed by atoms with Crippen molar-refractivity contribution >= 4 is 11.7 Å². The molecule has 1 aliphatic rings. The van der Waals surface area contributed by atoms with E-state index in [1.807, 2.05) is 11.9 Å². The molecule has 0 radical (unpaired) electrons. The van der Waals surface area contributed by atoms with Crippen molar-refractivity contribution in [3.05, 3.63) is 22.2 Å². The average Bonchev–Trinajstić information content (AvgIpc) is 3.18. The fraction of sp³-hybridized carbons (Fsp3) is 0.583. The molecular formula is C12H18N4O2. The van der Waals surface area contributed by atoms with E-state index < -0.39 is 0 Å². The zero-order valence-corrected chi connectivity index (χ0v) is 10.7. The van der Waals surface area contributed by atoms with Crippen LogP contribution in [0.15, 0.2) is 10.9 Å². The molecule has 1 aromatic heterocycles. The SMILES string of the molecule is CNC(=O)CCN(C)c1cc(=O)[nH]c(C2CC2)n1. The van der Waals surface area contributed by atoms with Crippen LogP contribution in [0, 0.1) is 0 Å². The van der Waals surface area contributed by atoms with Crippen molar-refractivity contribution in [2.24, 2.45) is 0 Å². The monoisotopic (exact) mass is 250 g/mol. The molecule has 1 amide bonds. The maximum Gasteiger partial charge on any atom is 0.252 e. The van der Waals surface area contributed by atoms with Crippen molar-refractivity contribution in [3.8, 4) is 0 Å². The van der Waals surface area contributed by atoms with Crippen LogP contribution in [0.5, 0.6) is 0 Å². The highest BCUT2D eigenvalue weighted by atomic mass is 16.1. The Balaban J connectivity index is 2.07. The summed E-state index contributed by atoms with van der Waals surface area (Å²) in [6.45, 7) is 0.542. The number of carbonyl (C=O) groups excluding carboxylic acids is 1. The molecule has 1 aliphatic carbocycles. The van der Waals surface area contributed by atoms with Gasteiger partial charge in [-0.25, -0.2) is 4.98 Å². The first kappa shape index (κ1) is 12.6. The summed E-state index contributed by atoms with van der Waals surface area (Å²) in [4.78, 5) is 31.7. The van der Waals surface area contributed by atoms with Crippen LogP contribution in [-0.2, 0) is 4.79 Å². The minimum Gasteiger partial charge on any atom is -0.359 e. The Morgan fingerprint density at radius 3 is 2.94 bits per heavy atom. The van der Waals surface area contributed by atoms with Crippen LogP contribution in [0.3, 0.4) is 0 Å². The molecule has 1 heterocycles. The van der Waals surface area contributed by atoms with Crippen molar-refractivity contribution in [1.82, 2.24) is 15.3 Å². The quantitative estimate of drug-likeness (QED) is 0.783. The summed E-state index contributed by atoms with van der Waals surface area (Å²) < 4.78 is 0. The number of anilines is 1. The van der Waals surface area contributed by atoms with E-state index in [2.05, 4.69) is 15.3 Å². The summed E-state index contributed by atoms with van der Waals surface area (Å²) in [5, 5.41) is 2.57. The lowest BCUT2D eigenvalue weighted by Crippen LogP contribution is -2.28. The predicted molar refractivity (Wildman–Crippen MR) is 68.8 cm³/mol. The Hall–Kier alpha value is -1.85. The van der Waals surface area contributed by atoms with Gasteiger partial charge < -0.3 is 15.2 Å². The third-order valence-corrected chi connectivity index (χ3v) is 3.05. The zero-order chi connectivity index (χ0) is 13.1. The number of aromatic nitrogens is 2. The second-order valence-electron chi connectivity index (χ2n) is 4.61. The van der Waals surface area contributed by atoms with Crippen LogP contribution in [0.25, 0.3) is 0 Å². The fourth-order valence-corrected chi connectivity index (χ4v) is 1.72. The summed E-state index contributed by atoms with van der Waals surface area (Å²) in [7, 11) is 3.44. The Morgan fingerprint density at radius 2 is 2.33 bits per heavy atom. The molecule has 98 valence electrons. The Kier molecular flexibility index (Phi) is 3.64. The van der Waals surface area contributed by atoms with E-state index in [0.717, 1.165) is 18.7 Å². The number of H-pyrrole nitrogens is 1. The highest BCUT2D eigenvalue weighted by Gasteiger charge is 2.26. The predicted octanol–water partition coefficient (Wildman–Crippen LogP) is 0.220. The van der Waals surface area contributed by atoms with Gasteiger partial charge in [-0.05, 0) is 12.8 Å². The van der Waals surface area contributed by atoms with E-state index in [1.54, 1.807) is 7.05 Å². The molecule has 1 fully saturated rings. The van der Waals surface area contributed by atoms with E-state index >= 15 is 0 Å². The van der Waals surface area contributed by atoms with Gasteiger partial charge in [0.15, 0.2) is 0 Å². The third kappa shape index (κ3) is 3.09. The first-order valence-electron chi connectivity index (χ1n) is 6.13. The van der Waals surface area contributed by atoms with Crippen molar-refractivity contribution in [1.29, 1.82) is 0 Å². The van der Waals surface area contributed by atoms with Crippen molar-refractivity contribution in [2.45, 2.75) is 25.2 Å². The lowest BCUT2D eigenvalue weighted by atomic mass is 10.3. The molecular weight excluding hydrogens is 232 g/mol. The molecule has 0 bridgehead atoms. The molecule has 0 unspecified atom stereocenters. The molecule has 0 aliphatic heterocycles. The van der Waals surface area contributed by atoms with Crippen LogP contribution >= 0.6 is 0 Å². The first-order valence-corrected chi connectivity index (χ1v) is 6.13. The molecule has 6 nitrogen and oxygen atoms in total. The fourth-order valence-electron chi connectivity index (χ4n) is 1.72. The number of nitrogens with zero attached hydrogens (tertiary/aromatic N) is 2. The lowest BCUT2D eigenvalue weighted by Gasteiger charge is -2.17. The smallest absolute Gasteiger partial charge is 0.252 e. The van der Waals surface area contributed by atoms with Crippen molar-refractivity contribution in [2.75, 3.05) is 25.5 Å². The van der Waals surface area contributed by atoms with Gasteiger partial charge in [-0.1, -0.05) is 0 Å². The van der Waals surface area contributed by atoms with Gasteiger partial charge in [-0.2, -0.15) is 0 Å². The van der Waals surface area contributed by atoms with E-state index in [-0.39, 0.29) is 11.5 Å². The first-order chi connectivity index (χ1) is 8.60. The molecule has 6 heteroatoms. The molecule has 1 saturated carbocycles. The van der Waals surface area contributed by atoms with Crippen LogP contribution < -0.4 is 15.8 Å². The number of nitrogens with one attached hydrogen (secondary N) is 2. The largest absolute Gasteiger partial charge is 0.359 e. The highest BCUT2D eigenvalue weighted by Crippen LogP contribution is 2.37. The van der Waals surface area contributed by atoms with E-state index in [1.165, 1.54) is 6.07 Å². The van der Waals surface area contributed by atoms with E-state index in [4.69, 9.17) is 0 Å². The zero-order valence-electron chi connectivity index (χ0n) is 10.7. The number of aromatic amines is 1. The number of carbonyl (C=O) groups is 1. The maximum absolute atomic E-state index is 11.5. The van der Waals surface area contributed by atoms with Crippen LogP contribution in [0.2, 0.25) is 0 Å². The summed E-state index contributed by atoms with van der Waals surface area (Å²) in [5.41, 5.74) is -0.131. The van der Waals surface area contributed by atoms with Gasteiger partial charge in [0.2, 0.25) is 5.91 Å². The van der Waals surface area contributed by atoms with Crippen LogP contribution in [0.4, 0.5) is 5.82 Å². The van der Waals surface area contributed by atoms with Gasteiger partial charge in [0, 0.05) is 39.0 Å². The maximum atomic E-state index is 11.5. The van der Waals surface area contributed by atoms with Gasteiger partial charge in [0.05, 0.1) is 0 Å². The molecule has 1 aromatic rings. The second-order valence-corrected chi connectivity index (χ2v) is 4.61. The topological polar surface area (TPSA) is 78.1 Å². The number of rotatable bonds is 5. The molecule has 0 aromatic carbocycles.